The summed E-state index contributed by atoms with van der Waals surface area (Å²) < 4.78 is 5.61. The minimum absolute atomic E-state index is 0.397. The Morgan fingerprint density at radius 2 is 2.39 bits per heavy atom. The lowest BCUT2D eigenvalue weighted by Crippen LogP contribution is -2.50. The first kappa shape index (κ1) is 14.2. The number of nitrogens with one attached hydrogen (secondary N) is 1. The van der Waals surface area contributed by atoms with Gasteiger partial charge in [0.1, 0.15) is 5.54 Å². The average Bonchev–Trinajstić information content (AvgIpc) is 2.96. The molecule has 104 valence electrons. The first-order chi connectivity index (χ1) is 8.66. The molecule has 3 atom stereocenters. The van der Waals surface area contributed by atoms with Crippen molar-refractivity contribution in [2.75, 3.05) is 18.9 Å². The quantitative estimate of drug-likeness (QED) is 0.774. The average molecular weight is 273 g/mol. The van der Waals surface area contributed by atoms with E-state index in [1.54, 1.807) is 0 Å². The van der Waals surface area contributed by atoms with Crippen LogP contribution in [0.5, 0.6) is 0 Å². The zero-order valence-corrected chi connectivity index (χ0v) is 11.8. The van der Waals surface area contributed by atoms with E-state index >= 15 is 0 Å². The van der Waals surface area contributed by atoms with E-state index < -0.39 is 11.5 Å². The van der Waals surface area contributed by atoms with Crippen LogP contribution < -0.4 is 5.32 Å². The van der Waals surface area contributed by atoms with Crippen LogP contribution in [0.1, 0.15) is 39.0 Å². The van der Waals surface area contributed by atoms with E-state index in [1.807, 2.05) is 18.7 Å². The Kier molecular flexibility index (Phi) is 4.92. The number of hydrogen-bond acceptors (Lipinski definition) is 4. The van der Waals surface area contributed by atoms with Gasteiger partial charge in [-0.1, -0.05) is 6.92 Å². The highest BCUT2D eigenvalue weighted by atomic mass is 32.2. The van der Waals surface area contributed by atoms with Gasteiger partial charge in [-0.15, -0.1) is 0 Å². The number of carboxylic acids is 1. The monoisotopic (exact) mass is 273 g/mol. The van der Waals surface area contributed by atoms with Gasteiger partial charge >= 0.3 is 5.97 Å². The Hall–Kier alpha value is -0.260. The Bertz CT molecular complexity index is 294. The first-order valence-electron chi connectivity index (χ1n) is 6.88. The topological polar surface area (TPSA) is 58.6 Å². The molecule has 0 aromatic heterocycles. The maximum atomic E-state index is 11.4. The predicted molar refractivity (Wildman–Crippen MR) is 73.1 cm³/mol. The van der Waals surface area contributed by atoms with Crippen molar-refractivity contribution in [3.05, 3.63) is 0 Å². The third kappa shape index (κ3) is 3.19. The largest absolute Gasteiger partial charge is 0.480 e. The third-order valence-electron chi connectivity index (χ3n) is 3.94. The van der Waals surface area contributed by atoms with Crippen LogP contribution in [-0.4, -0.2) is 46.9 Å². The van der Waals surface area contributed by atoms with Crippen LogP contribution in [0.15, 0.2) is 0 Å². The molecule has 18 heavy (non-hydrogen) atoms. The minimum Gasteiger partial charge on any atom is -0.480 e. The number of ether oxygens (including phenoxy) is 1. The summed E-state index contributed by atoms with van der Waals surface area (Å²) in [6.45, 7) is 3.58. The Balaban J connectivity index is 1.80. The van der Waals surface area contributed by atoms with Crippen molar-refractivity contribution in [1.29, 1.82) is 0 Å². The summed E-state index contributed by atoms with van der Waals surface area (Å²) in [6, 6.07) is 0. The molecule has 0 spiro atoms. The third-order valence-corrected chi connectivity index (χ3v) is 5.37. The van der Waals surface area contributed by atoms with Crippen LogP contribution in [-0.2, 0) is 9.53 Å². The van der Waals surface area contributed by atoms with Crippen LogP contribution in [0.3, 0.4) is 0 Å². The van der Waals surface area contributed by atoms with Crippen LogP contribution in [0, 0.1) is 0 Å². The fourth-order valence-corrected chi connectivity index (χ4v) is 4.37. The molecule has 1 aliphatic carbocycles. The Labute approximate surface area is 113 Å². The molecule has 1 saturated carbocycles. The second-order valence-corrected chi connectivity index (χ2v) is 6.58. The van der Waals surface area contributed by atoms with E-state index in [9.17, 15) is 9.90 Å². The SMILES string of the molecule is CCNC1(C(=O)O)CCC(SCC2CCCO2)C1. The number of carbonyl (C=O) groups is 1. The Morgan fingerprint density at radius 1 is 1.56 bits per heavy atom. The lowest BCUT2D eigenvalue weighted by molar-refractivity contribution is -0.144. The second-order valence-electron chi connectivity index (χ2n) is 5.25. The number of aliphatic carboxylic acids is 1. The van der Waals surface area contributed by atoms with Crippen LogP contribution in [0.25, 0.3) is 0 Å². The van der Waals surface area contributed by atoms with Gasteiger partial charge in [-0.25, -0.2) is 0 Å². The molecule has 1 heterocycles. The fraction of sp³-hybridized carbons (Fsp3) is 0.923. The van der Waals surface area contributed by atoms with E-state index in [0.717, 1.165) is 44.6 Å². The normalized spacial score (nSPS) is 36.1. The summed E-state index contributed by atoms with van der Waals surface area (Å²) in [5, 5.41) is 13.0. The standard InChI is InChI=1S/C13H23NO3S/c1-2-14-13(12(15)16)6-5-11(8-13)18-9-10-4-3-7-17-10/h10-11,14H,2-9H2,1H3,(H,15,16). The number of rotatable bonds is 6. The van der Waals surface area contributed by atoms with E-state index in [1.165, 1.54) is 6.42 Å². The smallest absolute Gasteiger partial charge is 0.323 e. The molecule has 1 aliphatic heterocycles. The summed E-state index contributed by atoms with van der Waals surface area (Å²) in [5.41, 5.74) is -0.678. The van der Waals surface area contributed by atoms with Gasteiger partial charge in [0.25, 0.3) is 0 Å². The molecular formula is C13H23NO3S. The van der Waals surface area contributed by atoms with Gasteiger partial charge in [-0.3, -0.25) is 4.79 Å². The minimum atomic E-state index is -0.690. The van der Waals surface area contributed by atoms with Crippen LogP contribution in [0.4, 0.5) is 0 Å². The van der Waals surface area contributed by atoms with Gasteiger partial charge < -0.3 is 15.2 Å². The van der Waals surface area contributed by atoms with Crippen LogP contribution in [0.2, 0.25) is 0 Å². The zero-order chi connectivity index (χ0) is 13.0. The molecule has 0 amide bonds. The molecule has 1 saturated heterocycles. The summed E-state index contributed by atoms with van der Waals surface area (Å²) >= 11 is 1.90. The molecule has 5 heteroatoms. The van der Waals surface area contributed by atoms with Crippen molar-refractivity contribution in [2.45, 2.75) is 55.9 Å². The molecule has 2 rings (SSSR count). The lowest BCUT2D eigenvalue weighted by atomic mass is 9.98. The molecule has 2 N–H and O–H groups in total. The van der Waals surface area contributed by atoms with Gasteiger partial charge in [-0.2, -0.15) is 11.8 Å². The number of thioether (sulfide) groups is 1. The fourth-order valence-electron chi connectivity index (χ4n) is 2.93. The maximum Gasteiger partial charge on any atom is 0.323 e. The highest BCUT2D eigenvalue weighted by Gasteiger charge is 2.45. The summed E-state index contributed by atoms with van der Waals surface area (Å²) in [4.78, 5) is 11.4. The van der Waals surface area contributed by atoms with Crippen LogP contribution >= 0.6 is 11.8 Å². The van der Waals surface area contributed by atoms with Crippen molar-refractivity contribution in [3.63, 3.8) is 0 Å². The molecule has 0 aromatic carbocycles. The summed E-state index contributed by atoms with van der Waals surface area (Å²) in [5.74, 6) is 0.330. The molecular weight excluding hydrogens is 250 g/mol. The molecule has 0 radical (unpaired) electrons. The number of likely N-dealkylation sites (N-methyl/N-ethyl adjacent to an activating group) is 1. The van der Waals surface area contributed by atoms with Gasteiger partial charge in [-0.05, 0) is 38.6 Å². The van der Waals surface area contributed by atoms with E-state index in [0.29, 0.717) is 11.4 Å². The number of hydrogen-bond donors (Lipinski definition) is 2. The van der Waals surface area contributed by atoms with Crippen molar-refractivity contribution < 1.29 is 14.6 Å². The molecule has 3 unspecified atom stereocenters. The molecule has 0 aromatic rings. The molecule has 4 nitrogen and oxygen atoms in total. The van der Waals surface area contributed by atoms with Gasteiger partial charge in [0.05, 0.1) is 6.10 Å². The van der Waals surface area contributed by atoms with E-state index in [2.05, 4.69) is 5.32 Å². The highest BCUT2D eigenvalue weighted by molar-refractivity contribution is 7.99. The summed E-state index contributed by atoms with van der Waals surface area (Å²) in [6.07, 6.45) is 5.22. The van der Waals surface area contributed by atoms with Crippen molar-refractivity contribution >= 4 is 17.7 Å². The van der Waals surface area contributed by atoms with E-state index in [-0.39, 0.29) is 0 Å². The Morgan fingerprint density at radius 3 is 3.00 bits per heavy atom. The molecule has 2 aliphatic rings. The summed E-state index contributed by atoms with van der Waals surface area (Å²) in [7, 11) is 0. The lowest BCUT2D eigenvalue weighted by Gasteiger charge is -2.25. The van der Waals surface area contributed by atoms with Crippen molar-refractivity contribution in [1.82, 2.24) is 5.32 Å². The van der Waals surface area contributed by atoms with Crippen molar-refractivity contribution in [3.8, 4) is 0 Å². The van der Waals surface area contributed by atoms with Gasteiger partial charge in [0, 0.05) is 17.6 Å². The molecule has 2 fully saturated rings. The maximum absolute atomic E-state index is 11.4. The van der Waals surface area contributed by atoms with Crippen molar-refractivity contribution in [2.24, 2.45) is 0 Å². The second kappa shape index (κ2) is 6.26. The van der Waals surface area contributed by atoms with Gasteiger partial charge in [0.15, 0.2) is 0 Å². The van der Waals surface area contributed by atoms with E-state index in [4.69, 9.17) is 4.74 Å². The zero-order valence-electron chi connectivity index (χ0n) is 11.0. The first-order valence-corrected chi connectivity index (χ1v) is 7.93. The van der Waals surface area contributed by atoms with Gasteiger partial charge in [0.2, 0.25) is 0 Å². The number of carboxylic acid groups (broad SMARTS) is 1. The highest BCUT2D eigenvalue weighted by Crippen LogP contribution is 2.38. The molecule has 0 bridgehead atoms. The predicted octanol–water partition coefficient (Wildman–Crippen LogP) is 1.88.